The zero-order valence-electron chi connectivity index (χ0n) is 17.5. The van der Waals surface area contributed by atoms with Crippen LogP contribution in [0.1, 0.15) is 18.4 Å². The average Bonchev–Trinajstić information content (AvgIpc) is 3.27. The van der Waals surface area contributed by atoms with Crippen molar-refractivity contribution in [2.45, 2.75) is 23.3 Å². The summed E-state index contributed by atoms with van der Waals surface area (Å²) in [5.41, 5.74) is 0.0417. The molecule has 3 aliphatic rings. The molecule has 9 heteroatoms. The summed E-state index contributed by atoms with van der Waals surface area (Å²) >= 11 is 0. The number of rotatable bonds is 5. The highest BCUT2D eigenvalue weighted by molar-refractivity contribution is 7.89. The summed E-state index contributed by atoms with van der Waals surface area (Å²) in [7, 11) is -0.109. The molecule has 0 bridgehead atoms. The average molecular weight is 433 g/mol. The van der Waals surface area contributed by atoms with Crippen molar-refractivity contribution in [3.8, 4) is 6.07 Å². The minimum atomic E-state index is -3.66. The summed E-state index contributed by atoms with van der Waals surface area (Å²) in [6, 6.07) is 8.14. The summed E-state index contributed by atoms with van der Waals surface area (Å²) in [5.74, 6) is 0.388. The highest BCUT2D eigenvalue weighted by atomic mass is 32.2. The number of nitrogens with zero attached hydrogens (tertiary/aromatic N) is 4. The van der Waals surface area contributed by atoms with Gasteiger partial charge in [0, 0.05) is 58.3 Å². The van der Waals surface area contributed by atoms with Gasteiger partial charge in [0.25, 0.3) is 0 Å². The number of carbonyl (C=O) groups excluding carboxylic acids is 1. The number of hydrogen-bond donors (Lipinski definition) is 0. The number of amides is 1. The zero-order valence-corrected chi connectivity index (χ0v) is 18.3. The Balaban J connectivity index is 1.51. The van der Waals surface area contributed by atoms with Crippen molar-refractivity contribution in [3.05, 3.63) is 29.8 Å². The lowest BCUT2D eigenvalue weighted by molar-refractivity contribution is -0.133. The van der Waals surface area contributed by atoms with Crippen molar-refractivity contribution in [1.82, 2.24) is 14.1 Å². The van der Waals surface area contributed by atoms with Gasteiger partial charge in [0.1, 0.15) is 0 Å². The second-order valence-electron chi connectivity index (χ2n) is 8.51. The molecule has 8 nitrogen and oxygen atoms in total. The molecule has 0 saturated carbocycles. The lowest BCUT2D eigenvalue weighted by atomic mass is 9.75. The molecule has 4 rings (SSSR count). The number of sulfonamides is 1. The van der Waals surface area contributed by atoms with E-state index in [1.807, 2.05) is 18.0 Å². The van der Waals surface area contributed by atoms with Gasteiger partial charge in [-0.3, -0.25) is 9.69 Å². The predicted molar refractivity (Wildman–Crippen MR) is 110 cm³/mol. The van der Waals surface area contributed by atoms with Gasteiger partial charge < -0.3 is 9.64 Å². The number of likely N-dealkylation sites (tertiary alicyclic amines) is 2. The third-order valence-corrected chi connectivity index (χ3v) is 9.10. The number of nitriles is 1. The number of benzene rings is 1. The number of carbonyl (C=O) groups is 1. The van der Waals surface area contributed by atoms with Crippen LogP contribution in [0.25, 0.3) is 0 Å². The Kier molecular flexibility index (Phi) is 5.62. The molecule has 1 amide bonds. The summed E-state index contributed by atoms with van der Waals surface area (Å²) in [6.07, 6.45) is 1.26. The molecule has 3 saturated heterocycles. The minimum absolute atomic E-state index is 0.0117. The third kappa shape index (κ3) is 3.32. The van der Waals surface area contributed by atoms with Crippen LogP contribution in [-0.4, -0.2) is 87.5 Å². The number of piperidine rings is 1. The van der Waals surface area contributed by atoms with Crippen LogP contribution in [0, 0.1) is 23.2 Å². The van der Waals surface area contributed by atoms with Crippen LogP contribution in [0.15, 0.2) is 29.2 Å². The van der Waals surface area contributed by atoms with E-state index in [0.29, 0.717) is 38.1 Å². The molecule has 0 radical (unpaired) electrons. The smallest absolute Gasteiger partial charge is 0.243 e. The minimum Gasteiger partial charge on any atom is -0.383 e. The van der Waals surface area contributed by atoms with Crippen molar-refractivity contribution in [1.29, 1.82) is 5.26 Å². The summed E-state index contributed by atoms with van der Waals surface area (Å²) < 4.78 is 32.9. The first-order valence-corrected chi connectivity index (χ1v) is 11.8. The standard InChI is InChI=1S/C21H28N4O4S/c1-23-20(26)18-14-24(10-11-29-2)15-19(18)21(23)6-8-25(9-7-21)30(27,28)17-5-3-4-16(12-17)13-22/h3-5,12,18-19H,6-11,14-15H2,1-2H3/t18-,19+/m1/s1. The Labute approximate surface area is 178 Å². The topological polar surface area (TPSA) is 93.9 Å². The highest BCUT2D eigenvalue weighted by Gasteiger charge is 2.60. The molecule has 162 valence electrons. The van der Waals surface area contributed by atoms with E-state index in [4.69, 9.17) is 10.00 Å². The molecule has 0 N–H and O–H groups in total. The van der Waals surface area contributed by atoms with Crippen molar-refractivity contribution < 1.29 is 17.9 Å². The van der Waals surface area contributed by atoms with E-state index < -0.39 is 10.0 Å². The van der Waals surface area contributed by atoms with Crippen molar-refractivity contribution >= 4 is 15.9 Å². The van der Waals surface area contributed by atoms with Crippen LogP contribution < -0.4 is 0 Å². The first kappa shape index (κ1) is 21.2. The lowest BCUT2D eigenvalue weighted by Gasteiger charge is -2.46. The fourth-order valence-electron chi connectivity index (χ4n) is 5.50. The SMILES string of the molecule is COCCN1C[C@H]2C(=O)N(C)C3(CCN(S(=O)(=O)c4cccc(C#N)c4)CC3)[C@H]2C1. The largest absolute Gasteiger partial charge is 0.383 e. The fraction of sp³-hybridized carbons (Fsp3) is 0.619. The van der Waals surface area contributed by atoms with E-state index in [2.05, 4.69) is 4.90 Å². The van der Waals surface area contributed by atoms with E-state index in [1.165, 1.54) is 16.4 Å². The Bertz CT molecular complexity index is 965. The molecule has 1 aromatic rings. The maximum atomic E-state index is 13.1. The molecule has 1 aromatic carbocycles. The first-order valence-electron chi connectivity index (χ1n) is 10.3. The van der Waals surface area contributed by atoms with Crippen molar-refractivity contribution in [3.63, 3.8) is 0 Å². The molecular weight excluding hydrogens is 404 g/mol. The quantitative estimate of drug-likeness (QED) is 0.682. The Morgan fingerprint density at radius 1 is 1.27 bits per heavy atom. The molecule has 30 heavy (non-hydrogen) atoms. The van der Waals surface area contributed by atoms with Crippen LogP contribution in [0.2, 0.25) is 0 Å². The van der Waals surface area contributed by atoms with Crippen LogP contribution in [0.3, 0.4) is 0 Å². The monoisotopic (exact) mass is 432 g/mol. The van der Waals surface area contributed by atoms with Crippen molar-refractivity contribution in [2.75, 3.05) is 53.5 Å². The molecule has 1 spiro atoms. The molecule has 2 atom stereocenters. The zero-order chi connectivity index (χ0) is 21.5. The van der Waals surface area contributed by atoms with E-state index >= 15 is 0 Å². The summed E-state index contributed by atoms with van der Waals surface area (Å²) in [6.45, 7) is 3.80. The number of hydrogen-bond acceptors (Lipinski definition) is 6. The van der Waals surface area contributed by atoms with Crippen LogP contribution >= 0.6 is 0 Å². The van der Waals surface area contributed by atoms with Gasteiger partial charge in [-0.2, -0.15) is 9.57 Å². The van der Waals surface area contributed by atoms with Gasteiger partial charge in [-0.05, 0) is 31.0 Å². The molecule has 3 fully saturated rings. The van der Waals surface area contributed by atoms with Gasteiger partial charge in [-0.15, -0.1) is 0 Å². The van der Waals surface area contributed by atoms with Crippen LogP contribution in [-0.2, 0) is 19.6 Å². The van der Waals surface area contributed by atoms with E-state index in [-0.39, 0.29) is 28.2 Å². The van der Waals surface area contributed by atoms with Gasteiger partial charge in [-0.1, -0.05) is 6.07 Å². The number of methoxy groups -OCH3 is 1. The molecule has 0 unspecified atom stereocenters. The molecule has 3 aliphatic heterocycles. The molecule has 0 aromatic heterocycles. The molecular formula is C21H28N4O4S. The second-order valence-corrected chi connectivity index (χ2v) is 10.4. The van der Waals surface area contributed by atoms with Crippen LogP contribution in [0.4, 0.5) is 0 Å². The first-order chi connectivity index (χ1) is 14.3. The van der Waals surface area contributed by atoms with Gasteiger partial charge in [-0.25, -0.2) is 8.42 Å². The van der Waals surface area contributed by atoms with Gasteiger partial charge in [0.05, 0.1) is 29.1 Å². The molecule has 0 aliphatic carbocycles. The summed E-state index contributed by atoms with van der Waals surface area (Å²) in [5, 5.41) is 9.09. The fourth-order valence-corrected chi connectivity index (χ4v) is 6.98. The lowest BCUT2D eigenvalue weighted by Crippen LogP contribution is -2.56. The van der Waals surface area contributed by atoms with Gasteiger partial charge >= 0.3 is 0 Å². The maximum Gasteiger partial charge on any atom is 0.243 e. The number of ether oxygens (including phenoxy) is 1. The van der Waals surface area contributed by atoms with Gasteiger partial charge in [0.2, 0.25) is 15.9 Å². The normalized spacial score (nSPS) is 26.8. The highest BCUT2D eigenvalue weighted by Crippen LogP contribution is 2.49. The van der Waals surface area contributed by atoms with Crippen LogP contribution in [0.5, 0.6) is 0 Å². The van der Waals surface area contributed by atoms with Gasteiger partial charge in [0.15, 0.2) is 0 Å². The number of fused-ring (bicyclic) bond motifs is 2. The van der Waals surface area contributed by atoms with Crippen molar-refractivity contribution in [2.24, 2.45) is 11.8 Å². The second kappa shape index (κ2) is 7.93. The predicted octanol–water partition coefficient (Wildman–Crippen LogP) is 0.748. The molecule has 3 heterocycles. The Hall–Kier alpha value is -1.99. The third-order valence-electron chi connectivity index (χ3n) is 7.20. The Morgan fingerprint density at radius 3 is 2.67 bits per heavy atom. The maximum absolute atomic E-state index is 13.1. The van der Waals surface area contributed by atoms with E-state index in [0.717, 1.165) is 19.6 Å². The van der Waals surface area contributed by atoms with E-state index in [9.17, 15) is 13.2 Å². The summed E-state index contributed by atoms with van der Waals surface area (Å²) in [4.78, 5) is 17.3. The van der Waals surface area contributed by atoms with E-state index in [1.54, 1.807) is 19.2 Å². The Morgan fingerprint density at radius 2 is 2.00 bits per heavy atom.